The maximum atomic E-state index is 11.4. The first-order valence-corrected chi connectivity index (χ1v) is 7.80. The number of rotatable bonds is 4. The minimum atomic E-state index is -0.722. The van der Waals surface area contributed by atoms with Gasteiger partial charge < -0.3 is 20.1 Å². The maximum absolute atomic E-state index is 11.4. The molecule has 0 amide bonds. The summed E-state index contributed by atoms with van der Waals surface area (Å²) in [4.78, 5) is 16.3. The van der Waals surface area contributed by atoms with Crippen molar-refractivity contribution in [2.45, 2.75) is 6.92 Å². The van der Waals surface area contributed by atoms with Crippen LogP contribution in [0, 0.1) is 17.0 Å². The predicted octanol–water partition coefficient (Wildman–Crippen LogP) is 3.02. The van der Waals surface area contributed by atoms with E-state index in [0.29, 0.717) is 26.9 Å². The Morgan fingerprint density at radius 3 is 2.62 bits per heavy atom. The van der Waals surface area contributed by atoms with Gasteiger partial charge in [-0.2, -0.15) is 0 Å². The van der Waals surface area contributed by atoms with Crippen LogP contribution in [0.25, 0.3) is 5.69 Å². The van der Waals surface area contributed by atoms with Crippen molar-refractivity contribution >= 4 is 23.1 Å². The van der Waals surface area contributed by atoms with Gasteiger partial charge in [-0.3, -0.25) is 0 Å². The molecule has 9 nitrogen and oxygen atoms in total. The molecule has 0 fully saturated rings. The lowest BCUT2D eigenvalue weighted by Gasteiger charge is -2.06. The van der Waals surface area contributed by atoms with Gasteiger partial charge >= 0.3 is 5.82 Å². The molecular weight excluding hydrogens is 362 g/mol. The summed E-state index contributed by atoms with van der Waals surface area (Å²) >= 11 is 6.06. The number of aromatic nitrogens is 3. The molecule has 1 N–H and O–H groups in total. The molecule has 0 aliphatic carbocycles. The summed E-state index contributed by atoms with van der Waals surface area (Å²) in [7, 11) is 1.43. The van der Waals surface area contributed by atoms with Gasteiger partial charge in [0.1, 0.15) is 17.1 Å². The van der Waals surface area contributed by atoms with E-state index in [1.54, 1.807) is 49.4 Å². The topological polar surface area (TPSA) is 108 Å². The molecule has 3 rings (SSSR count). The summed E-state index contributed by atoms with van der Waals surface area (Å²) in [5.74, 6) is -0.298. The minimum absolute atomic E-state index is 0.271. The second-order valence-electron chi connectivity index (χ2n) is 5.30. The number of para-hydroxylation sites is 1. The van der Waals surface area contributed by atoms with Crippen LogP contribution < -0.4 is 10.2 Å². The van der Waals surface area contributed by atoms with Crippen LogP contribution in [0.15, 0.2) is 47.5 Å². The Hall–Kier alpha value is -3.33. The van der Waals surface area contributed by atoms with Crippen LogP contribution in [0.3, 0.4) is 0 Å². The zero-order chi connectivity index (χ0) is 18.8. The highest BCUT2D eigenvalue weighted by Gasteiger charge is 2.24. The van der Waals surface area contributed by atoms with Crippen molar-refractivity contribution in [1.29, 1.82) is 0 Å². The lowest BCUT2D eigenvalue weighted by atomic mass is 10.2. The fourth-order valence-corrected chi connectivity index (χ4v) is 2.46. The van der Waals surface area contributed by atoms with Crippen LogP contribution in [0.5, 0.6) is 5.75 Å². The SMILES string of the molecule is COc1cc(Cl)c(C)cc1N=c1c([N+](=O)[O-])nn(-c2ccccc2)n1O. The second-order valence-corrected chi connectivity index (χ2v) is 5.71. The Labute approximate surface area is 152 Å². The Morgan fingerprint density at radius 2 is 2.00 bits per heavy atom. The van der Waals surface area contributed by atoms with Gasteiger partial charge in [-0.15, -0.1) is 0 Å². The molecule has 0 bridgehead atoms. The lowest BCUT2D eigenvalue weighted by Crippen LogP contribution is -2.22. The Morgan fingerprint density at radius 1 is 1.31 bits per heavy atom. The van der Waals surface area contributed by atoms with Gasteiger partial charge in [-0.25, -0.2) is 4.99 Å². The molecule has 0 saturated carbocycles. The van der Waals surface area contributed by atoms with Gasteiger partial charge in [0.05, 0.1) is 12.2 Å². The zero-order valence-electron chi connectivity index (χ0n) is 13.8. The van der Waals surface area contributed by atoms with Crippen LogP contribution in [0.4, 0.5) is 11.5 Å². The first kappa shape index (κ1) is 17.5. The highest BCUT2D eigenvalue weighted by Crippen LogP contribution is 2.32. The van der Waals surface area contributed by atoms with Gasteiger partial charge in [0.15, 0.2) is 0 Å². The molecule has 0 spiro atoms. The lowest BCUT2D eigenvalue weighted by molar-refractivity contribution is -0.391. The molecule has 1 aromatic heterocycles. The van der Waals surface area contributed by atoms with E-state index in [1.165, 1.54) is 7.11 Å². The first-order chi connectivity index (χ1) is 12.4. The van der Waals surface area contributed by atoms with Crippen molar-refractivity contribution in [3.8, 4) is 11.4 Å². The van der Waals surface area contributed by atoms with Crippen LogP contribution in [-0.2, 0) is 0 Å². The molecule has 0 atom stereocenters. The third-order valence-corrected chi connectivity index (χ3v) is 4.01. The Bertz CT molecular complexity index is 1040. The van der Waals surface area contributed by atoms with Crippen LogP contribution >= 0.6 is 11.6 Å². The minimum Gasteiger partial charge on any atom is -0.494 e. The average molecular weight is 376 g/mol. The van der Waals surface area contributed by atoms with Gasteiger partial charge in [0, 0.05) is 11.1 Å². The van der Waals surface area contributed by atoms with E-state index in [-0.39, 0.29) is 11.2 Å². The number of benzene rings is 2. The fraction of sp³-hybridized carbons (Fsp3) is 0.125. The third kappa shape index (κ3) is 3.11. The molecule has 26 heavy (non-hydrogen) atoms. The predicted molar refractivity (Wildman–Crippen MR) is 93.4 cm³/mol. The molecule has 0 aliphatic rings. The van der Waals surface area contributed by atoms with E-state index in [9.17, 15) is 15.3 Å². The molecule has 0 radical (unpaired) electrons. The number of ether oxygens (including phenoxy) is 1. The molecule has 0 aliphatic heterocycles. The van der Waals surface area contributed by atoms with Crippen molar-refractivity contribution in [3.63, 3.8) is 0 Å². The van der Waals surface area contributed by atoms with E-state index in [2.05, 4.69) is 10.1 Å². The fourth-order valence-electron chi connectivity index (χ4n) is 2.31. The highest BCUT2D eigenvalue weighted by molar-refractivity contribution is 6.31. The third-order valence-electron chi connectivity index (χ3n) is 3.60. The number of nitrogens with zero attached hydrogens (tertiary/aromatic N) is 5. The standard InChI is InChI=1S/C16H14ClN5O4/c1-10-8-13(14(26-2)9-12(10)17)18-15-16(22(24)25)19-20(21(15)23)11-6-4-3-5-7-11/h3-9,23H,1-2H3. The van der Waals surface area contributed by atoms with Gasteiger partial charge in [0.2, 0.25) is 0 Å². The molecule has 134 valence electrons. The van der Waals surface area contributed by atoms with Crippen LogP contribution in [0.1, 0.15) is 5.56 Å². The molecule has 10 heteroatoms. The monoisotopic (exact) mass is 375 g/mol. The van der Waals surface area contributed by atoms with E-state index < -0.39 is 10.7 Å². The highest BCUT2D eigenvalue weighted by atomic mass is 35.5. The van der Waals surface area contributed by atoms with Crippen LogP contribution in [0.2, 0.25) is 5.02 Å². The Kier molecular flexibility index (Phi) is 4.63. The number of methoxy groups -OCH3 is 1. The van der Waals surface area contributed by atoms with Gasteiger partial charge in [-0.05, 0) is 40.4 Å². The molecule has 0 unspecified atom stereocenters. The molecule has 0 saturated heterocycles. The summed E-state index contributed by atoms with van der Waals surface area (Å²) < 4.78 is 5.22. The average Bonchev–Trinajstić information content (AvgIpc) is 2.95. The summed E-state index contributed by atoms with van der Waals surface area (Å²) in [5.41, 5.74) is 1.05. The smallest absolute Gasteiger partial charge is 0.438 e. The van der Waals surface area contributed by atoms with Crippen molar-refractivity contribution in [3.05, 3.63) is 68.7 Å². The van der Waals surface area contributed by atoms with Gasteiger partial charge in [-0.1, -0.05) is 34.6 Å². The van der Waals surface area contributed by atoms with E-state index in [1.807, 2.05) is 0 Å². The van der Waals surface area contributed by atoms with Crippen molar-refractivity contribution in [1.82, 2.24) is 14.7 Å². The molecule has 1 heterocycles. The summed E-state index contributed by atoms with van der Waals surface area (Å²) in [6.07, 6.45) is 0. The maximum Gasteiger partial charge on any atom is 0.438 e. The number of hydrogen-bond acceptors (Lipinski definition) is 6. The molecular formula is C16H14ClN5O4. The summed E-state index contributed by atoms with van der Waals surface area (Å²) in [5, 5.41) is 26.1. The molecule has 2 aromatic carbocycles. The number of hydrogen-bond donors (Lipinski definition) is 1. The number of nitro groups is 1. The van der Waals surface area contributed by atoms with E-state index in [4.69, 9.17) is 16.3 Å². The summed E-state index contributed by atoms with van der Waals surface area (Å²) in [6.45, 7) is 1.76. The first-order valence-electron chi connectivity index (χ1n) is 7.42. The number of aryl methyl sites for hydroxylation is 1. The number of halogens is 1. The quantitative estimate of drug-likeness (QED) is 0.428. The van der Waals surface area contributed by atoms with Crippen molar-refractivity contribution in [2.75, 3.05) is 7.11 Å². The van der Waals surface area contributed by atoms with Crippen molar-refractivity contribution in [2.24, 2.45) is 4.99 Å². The normalized spacial score (nSPS) is 11.6. The van der Waals surface area contributed by atoms with Crippen LogP contribution in [-0.4, -0.2) is 32.0 Å². The van der Waals surface area contributed by atoms with Crippen molar-refractivity contribution < 1.29 is 14.9 Å². The van der Waals surface area contributed by atoms with Gasteiger partial charge in [0.25, 0.3) is 5.49 Å². The molecule has 3 aromatic rings. The summed E-state index contributed by atoms with van der Waals surface area (Å²) in [6, 6.07) is 11.6. The largest absolute Gasteiger partial charge is 0.494 e. The zero-order valence-corrected chi connectivity index (χ0v) is 14.6. The Balaban J connectivity index is 2.28. The second kappa shape index (κ2) is 6.89. The van der Waals surface area contributed by atoms with E-state index >= 15 is 0 Å². The van der Waals surface area contributed by atoms with E-state index in [0.717, 1.165) is 4.80 Å².